The van der Waals surface area contributed by atoms with Crippen LogP contribution in [-0.2, 0) is 16.0 Å². The Hall–Kier alpha value is -1.97. The number of alkyl halides is 3. The van der Waals surface area contributed by atoms with Crippen LogP contribution in [0.2, 0.25) is 0 Å². The molecule has 1 aromatic rings. The molecule has 0 saturated carbocycles. The molecule has 6 nitrogen and oxygen atoms in total. The second-order valence-corrected chi connectivity index (χ2v) is 9.45. The van der Waals surface area contributed by atoms with Crippen molar-refractivity contribution in [3.05, 3.63) is 29.8 Å². The number of rotatable bonds is 3. The Morgan fingerprint density at radius 1 is 1.25 bits per heavy atom. The minimum atomic E-state index is -4.35. The molecule has 156 valence electrons. The predicted molar refractivity (Wildman–Crippen MR) is 103 cm³/mol. The number of nitrogens with zero attached hydrogens (tertiary/aromatic N) is 3. The molecule has 2 fully saturated rings. The van der Waals surface area contributed by atoms with E-state index in [0.717, 1.165) is 6.07 Å². The highest BCUT2D eigenvalue weighted by Gasteiger charge is 2.31. The van der Waals surface area contributed by atoms with Crippen LogP contribution in [0.25, 0.3) is 0 Å². The van der Waals surface area contributed by atoms with Crippen molar-refractivity contribution >= 4 is 21.5 Å². The summed E-state index contributed by atoms with van der Waals surface area (Å²) < 4.78 is 61.9. The van der Waals surface area contributed by atoms with Gasteiger partial charge in [0.1, 0.15) is 0 Å². The van der Waals surface area contributed by atoms with Crippen molar-refractivity contribution in [2.45, 2.75) is 12.6 Å². The number of hydrogen-bond donors (Lipinski definition) is 1. The van der Waals surface area contributed by atoms with Crippen LogP contribution in [0.4, 0.5) is 18.9 Å². The lowest BCUT2D eigenvalue weighted by atomic mass is 10.1. The highest BCUT2D eigenvalue weighted by molar-refractivity contribution is 7.91. The normalized spacial score (nSPS) is 23.1. The summed E-state index contributed by atoms with van der Waals surface area (Å²) in [4.78, 5) is 8.25. The molecule has 1 atom stereocenters. The lowest BCUT2D eigenvalue weighted by Gasteiger charge is -2.38. The molecule has 1 N–H and O–H groups in total. The Bertz CT molecular complexity index is 818. The Morgan fingerprint density at radius 2 is 1.96 bits per heavy atom. The van der Waals surface area contributed by atoms with Gasteiger partial charge < -0.3 is 15.1 Å². The van der Waals surface area contributed by atoms with Crippen molar-refractivity contribution in [1.82, 2.24) is 10.2 Å². The van der Waals surface area contributed by atoms with Crippen LogP contribution < -0.4 is 10.2 Å². The van der Waals surface area contributed by atoms with Crippen LogP contribution in [0.3, 0.4) is 0 Å². The average molecular weight is 418 g/mol. The summed E-state index contributed by atoms with van der Waals surface area (Å²) in [6, 6.07) is 5.39. The van der Waals surface area contributed by atoms with Gasteiger partial charge in [0.2, 0.25) is 0 Å². The van der Waals surface area contributed by atoms with Crippen LogP contribution in [0.5, 0.6) is 0 Å². The molecule has 0 aliphatic carbocycles. The predicted octanol–water partition coefficient (Wildman–Crippen LogP) is 1.84. The maximum absolute atomic E-state index is 12.9. The molecule has 0 aromatic heterocycles. The van der Waals surface area contributed by atoms with Gasteiger partial charge in [-0.15, -0.1) is 0 Å². The number of aliphatic imine (C=N–C) groups is 1. The van der Waals surface area contributed by atoms with Gasteiger partial charge in [-0.2, -0.15) is 13.2 Å². The van der Waals surface area contributed by atoms with Crippen LogP contribution >= 0.6 is 0 Å². The topological polar surface area (TPSA) is 65.0 Å². The summed E-state index contributed by atoms with van der Waals surface area (Å²) in [5, 5.41) is 3.25. The van der Waals surface area contributed by atoms with Crippen LogP contribution in [0, 0.1) is 5.92 Å². The summed E-state index contributed by atoms with van der Waals surface area (Å²) in [7, 11) is -1.23. The van der Waals surface area contributed by atoms with E-state index in [-0.39, 0.29) is 17.4 Å². The fraction of sp³-hybridized carbons (Fsp3) is 0.611. The largest absolute Gasteiger partial charge is 0.416 e. The second-order valence-electron chi connectivity index (χ2n) is 7.22. The lowest BCUT2D eigenvalue weighted by Crippen LogP contribution is -2.53. The molecule has 0 bridgehead atoms. The summed E-state index contributed by atoms with van der Waals surface area (Å²) in [5.74, 6) is 1.25. The molecule has 2 aliphatic rings. The molecule has 1 unspecified atom stereocenters. The molecule has 0 radical (unpaired) electrons. The minimum Gasteiger partial charge on any atom is -0.368 e. The molecule has 0 spiro atoms. The lowest BCUT2D eigenvalue weighted by molar-refractivity contribution is -0.137. The fourth-order valence-corrected chi connectivity index (χ4v) is 5.52. The number of hydrogen-bond acceptors (Lipinski definition) is 4. The fourth-order valence-electron chi connectivity index (χ4n) is 3.66. The van der Waals surface area contributed by atoms with E-state index in [0.29, 0.717) is 50.8 Å². The molecule has 3 rings (SSSR count). The first-order chi connectivity index (χ1) is 13.2. The van der Waals surface area contributed by atoms with Crippen molar-refractivity contribution < 1.29 is 21.6 Å². The molecule has 28 heavy (non-hydrogen) atoms. The highest BCUT2D eigenvalue weighted by Crippen LogP contribution is 2.31. The van der Waals surface area contributed by atoms with Gasteiger partial charge in [-0.25, -0.2) is 8.42 Å². The number of halogens is 3. The van der Waals surface area contributed by atoms with Gasteiger partial charge >= 0.3 is 6.18 Å². The first-order valence-electron chi connectivity index (χ1n) is 9.26. The highest BCUT2D eigenvalue weighted by atomic mass is 32.2. The zero-order valence-electron chi connectivity index (χ0n) is 15.7. The second kappa shape index (κ2) is 8.18. The first kappa shape index (κ1) is 20.8. The van der Waals surface area contributed by atoms with Crippen molar-refractivity contribution in [1.29, 1.82) is 0 Å². The summed E-state index contributed by atoms with van der Waals surface area (Å²) in [6.07, 6.45) is -3.69. The third-order valence-electron chi connectivity index (χ3n) is 5.21. The van der Waals surface area contributed by atoms with E-state index in [2.05, 4.69) is 10.3 Å². The van der Waals surface area contributed by atoms with E-state index in [1.165, 1.54) is 12.1 Å². The summed E-state index contributed by atoms with van der Waals surface area (Å²) >= 11 is 0. The SMILES string of the molecule is CN=C(NCC1CCS(=O)(=O)C1)N1CCN(c2cccc(C(F)(F)F)c2)CC1. The van der Waals surface area contributed by atoms with Crippen molar-refractivity contribution in [3.8, 4) is 0 Å². The summed E-state index contributed by atoms with van der Waals surface area (Å²) in [5.41, 5.74) is -0.0787. The third kappa shape index (κ3) is 5.09. The average Bonchev–Trinajstić information content (AvgIpc) is 3.01. The van der Waals surface area contributed by atoms with E-state index in [4.69, 9.17) is 0 Å². The standard InChI is InChI=1S/C18H25F3N4O2S/c1-22-17(23-12-14-5-10-28(26,27)13-14)25-8-6-24(7-9-25)16-4-2-3-15(11-16)18(19,20)21/h2-4,11,14H,5-10,12-13H2,1H3,(H,22,23). The first-order valence-corrected chi connectivity index (χ1v) is 11.1. The zero-order chi connectivity index (χ0) is 20.4. The molecule has 2 saturated heterocycles. The monoisotopic (exact) mass is 418 g/mol. The van der Waals surface area contributed by atoms with Crippen LogP contribution in [0.1, 0.15) is 12.0 Å². The van der Waals surface area contributed by atoms with Crippen LogP contribution in [-0.4, -0.2) is 70.6 Å². The minimum absolute atomic E-state index is 0.0909. The molecule has 2 aliphatic heterocycles. The van der Waals surface area contributed by atoms with Gasteiger partial charge in [-0.05, 0) is 30.5 Å². The number of sulfone groups is 1. The Morgan fingerprint density at radius 3 is 2.54 bits per heavy atom. The van der Waals surface area contributed by atoms with Gasteiger partial charge in [-0.3, -0.25) is 4.99 Å². The number of nitrogens with one attached hydrogen (secondary N) is 1. The molecule has 2 heterocycles. The zero-order valence-corrected chi connectivity index (χ0v) is 16.6. The van der Waals surface area contributed by atoms with E-state index in [9.17, 15) is 21.6 Å². The maximum Gasteiger partial charge on any atom is 0.416 e. The van der Waals surface area contributed by atoms with Crippen molar-refractivity contribution in [3.63, 3.8) is 0 Å². The smallest absolute Gasteiger partial charge is 0.368 e. The molecule has 0 amide bonds. The van der Waals surface area contributed by atoms with E-state index in [1.807, 2.05) is 9.80 Å². The van der Waals surface area contributed by atoms with E-state index >= 15 is 0 Å². The number of piperazine rings is 1. The van der Waals surface area contributed by atoms with Gasteiger partial charge in [0, 0.05) is 45.5 Å². The Labute approximate surface area is 163 Å². The van der Waals surface area contributed by atoms with Crippen LogP contribution in [0.15, 0.2) is 29.3 Å². The maximum atomic E-state index is 12.9. The van der Waals surface area contributed by atoms with E-state index < -0.39 is 21.6 Å². The van der Waals surface area contributed by atoms with E-state index in [1.54, 1.807) is 13.1 Å². The van der Waals surface area contributed by atoms with Gasteiger partial charge in [0.25, 0.3) is 0 Å². The van der Waals surface area contributed by atoms with Crippen molar-refractivity contribution in [2.75, 3.05) is 56.2 Å². The molecule has 1 aromatic carbocycles. The third-order valence-corrected chi connectivity index (χ3v) is 7.04. The Kier molecular flexibility index (Phi) is 6.07. The number of guanidine groups is 1. The van der Waals surface area contributed by atoms with Crippen molar-refractivity contribution in [2.24, 2.45) is 10.9 Å². The Balaban J connectivity index is 1.54. The molecule has 10 heteroatoms. The molecular formula is C18H25F3N4O2S. The number of benzene rings is 1. The quantitative estimate of drug-likeness (QED) is 0.600. The summed E-state index contributed by atoms with van der Waals surface area (Å²) in [6.45, 7) is 2.97. The number of anilines is 1. The van der Waals surface area contributed by atoms with Gasteiger partial charge in [-0.1, -0.05) is 6.07 Å². The molecular weight excluding hydrogens is 393 g/mol. The van der Waals surface area contributed by atoms with Gasteiger partial charge in [0.15, 0.2) is 15.8 Å². The van der Waals surface area contributed by atoms with Gasteiger partial charge in [0.05, 0.1) is 17.1 Å².